The van der Waals surface area contributed by atoms with Crippen LogP contribution < -0.4 is 5.32 Å². The van der Waals surface area contributed by atoms with E-state index in [-0.39, 0.29) is 5.56 Å². The molecule has 0 amide bonds. The molecule has 29 heavy (non-hydrogen) atoms. The summed E-state index contributed by atoms with van der Waals surface area (Å²) in [5, 5.41) is 26.4. The van der Waals surface area contributed by atoms with Gasteiger partial charge in [-0.15, -0.1) is 0 Å². The molecule has 2 heterocycles. The molecule has 6 nitrogen and oxygen atoms in total. The van der Waals surface area contributed by atoms with Crippen LogP contribution in [0.3, 0.4) is 0 Å². The second-order valence-corrected chi connectivity index (χ2v) is 6.80. The summed E-state index contributed by atoms with van der Waals surface area (Å²) in [4.78, 5) is 11.5. The number of fused-ring (bicyclic) bond motifs is 1. The number of nitriles is 1. The quantitative estimate of drug-likeness (QED) is 0.529. The minimum Gasteiger partial charge on any atom is -0.478 e. The van der Waals surface area contributed by atoms with Gasteiger partial charge in [0.05, 0.1) is 28.5 Å². The summed E-state index contributed by atoms with van der Waals surface area (Å²) in [6.45, 7) is 1.72. The van der Waals surface area contributed by atoms with Crippen molar-refractivity contribution in [3.8, 4) is 6.07 Å². The molecule has 6 heteroatoms. The minimum absolute atomic E-state index is 0.161. The summed E-state index contributed by atoms with van der Waals surface area (Å²) in [5.74, 6) is -1.03. The van der Waals surface area contributed by atoms with E-state index in [4.69, 9.17) is 0 Å². The summed E-state index contributed by atoms with van der Waals surface area (Å²) in [7, 11) is 0. The number of rotatable bonds is 5. The number of aryl methyl sites for hydroxylation is 1. The number of carboxylic acid groups (broad SMARTS) is 1. The molecular formula is C23H18N4O2. The molecule has 0 atom stereocenters. The normalized spacial score (nSPS) is 10.6. The number of carbonyl (C=O) groups is 1. The average molecular weight is 382 g/mol. The maximum absolute atomic E-state index is 11.5. The van der Waals surface area contributed by atoms with Gasteiger partial charge in [-0.05, 0) is 42.2 Å². The van der Waals surface area contributed by atoms with Crippen LogP contribution in [0.2, 0.25) is 0 Å². The maximum atomic E-state index is 11.5. The molecule has 0 radical (unpaired) electrons. The number of nitrogens with one attached hydrogen (secondary N) is 1. The van der Waals surface area contributed by atoms with Crippen molar-refractivity contribution < 1.29 is 9.90 Å². The third-order valence-electron chi connectivity index (χ3n) is 4.88. The summed E-state index contributed by atoms with van der Waals surface area (Å²) in [6, 6.07) is 20.3. The zero-order valence-electron chi connectivity index (χ0n) is 15.8. The number of hydrogen-bond acceptors (Lipinski definition) is 4. The van der Waals surface area contributed by atoms with E-state index in [0.29, 0.717) is 22.3 Å². The third kappa shape index (κ3) is 3.54. The molecule has 0 fully saturated rings. The van der Waals surface area contributed by atoms with Crippen molar-refractivity contribution in [3.05, 3.63) is 94.8 Å². The smallest absolute Gasteiger partial charge is 0.337 e. The minimum atomic E-state index is -1.03. The Morgan fingerprint density at radius 3 is 2.48 bits per heavy atom. The maximum Gasteiger partial charge on any atom is 0.337 e. The Morgan fingerprint density at radius 1 is 1.14 bits per heavy atom. The molecule has 0 spiro atoms. The van der Waals surface area contributed by atoms with Crippen LogP contribution in [0.5, 0.6) is 0 Å². The molecule has 142 valence electrons. The lowest BCUT2D eigenvalue weighted by Gasteiger charge is -2.12. The molecule has 0 unspecified atom stereocenters. The summed E-state index contributed by atoms with van der Waals surface area (Å²) >= 11 is 0. The molecule has 4 rings (SSSR count). The van der Waals surface area contributed by atoms with Crippen LogP contribution in [0.25, 0.3) is 5.52 Å². The predicted molar refractivity (Wildman–Crippen MR) is 111 cm³/mol. The Kier molecular flexibility index (Phi) is 4.71. The van der Waals surface area contributed by atoms with Crippen molar-refractivity contribution in [2.24, 2.45) is 0 Å². The van der Waals surface area contributed by atoms with E-state index >= 15 is 0 Å². The van der Waals surface area contributed by atoms with Crippen LogP contribution in [0.4, 0.5) is 11.4 Å². The first-order chi connectivity index (χ1) is 14.1. The van der Waals surface area contributed by atoms with Crippen molar-refractivity contribution in [3.63, 3.8) is 0 Å². The molecule has 0 aliphatic carbocycles. The van der Waals surface area contributed by atoms with Gasteiger partial charge in [0, 0.05) is 11.9 Å². The van der Waals surface area contributed by atoms with Gasteiger partial charge in [0.25, 0.3) is 0 Å². The summed E-state index contributed by atoms with van der Waals surface area (Å²) in [6.07, 6.45) is 3.73. The fourth-order valence-electron chi connectivity index (χ4n) is 3.40. The molecule has 2 N–H and O–H groups in total. The molecule has 4 aromatic rings. The van der Waals surface area contributed by atoms with Crippen molar-refractivity contribution in [1.82, 2.24) is 9.61 Å². The number of hydrogen-bond donors (Lipinski definition) is 2. The zero-order valence-corrected chi connectivity index (χ0v) is 15.8. The predicted octanol–water partition coefficient (Wildman–Crippen LogP) is 4.55. The third-order valence-corrected chi connectivity index (χ3v) is 4.88. The Morgan fingerprint density at radius 2 is 1.83 bits per heavy atom. The first-order valence-electron chi connectivity index (χ1n) is 9.11. The molecule has 2 aromatic carbocycles. The van der Waals surface area contributed by atoms with Gasteiger partial charge in [0.1, 0.15) is 6.07 Å². The molecule has 0 aliphatic heterocycles. The Bertz CT molecular complexity index is 1240. The van der Waals surface area contributed by atoms with Crippen molar-refractivity contribution in [2.45, 2.75) is 13.3 Å². The fraction of sp³-hybridized carbons (Fsp3) is 0.0870. The van der Waals surface area contributed by atoms with Crippen molar-refractivity contribution >= 4 is 22.9 Å². The highest BCUT2D eigenvalue weighted by atomic mass is 16.4. The van der Waals surface area contributed by atoms with E-state index in [2.05, 4.69) is 28.6 Å². The van der Waals surface area contributed by atoms with E-state index in [9.17, 15) is 15.2 Å². The topological polar surface area (TPSA) is 90.4 Å². The Hall–Kier alpha value is -4.11. The van der Waals surface area contributed by atoms with E-state index in [1.807, 2.05) is 42.5 Å². The van der Waals surface area contributed by atoms with E-state index in [1.165, 1.54) is 28.0 Å². The van der Waals surface area contributed by atoms with E-state index in [1.54, 1.807) is 6.92 Å². The Labute approximate surface area is 167 Å². The highest BCUT2D eigenvalue weighted by Gasteiger charge is 2.19. The molecular weight excluding hydrogens is 364 g/mol. The number of carboxylic acids is 1. The lowest BCUT2D eigenvalue weighted by atomic mass is 10.0. The van der Waals surface area contributed by atoms with Crippen LogP contribution in [-0.2, 0) is 6.42 Å². The molecule has 0 aliphatic rings. The number of aromatic nitrogens is 2. The average Bonchev–Trinajstić information content (AvgIpc) is 3.08. The van der Waals surface area contributed by atoms with Gasteiger partial charge in [-0.3, -0.25) is 0 Å². The largest absolute Gasteiger partial charge is 0.478 e. The first kappa shape index (κ1) is 18.3. The fourth-order valence-corrected chi connectivity index (χ4v) is 3.40. The standard InChI is InChI=1S/C23H18N4O2/c1-15-20(23(28)29)14-27-22(15)21(18(12-24)13-25-27)26-19-9-7-17(8-10-19)11-16-5-3-2-4-6-16/h2-10,13-14,26H,11H2,1H3,(H,28,29). The zero-order chi connectivity index (χ0) is 20.4. The van der Waals surface area contributed by atoms with Crippen LogP contribution in [0.1, 0.15) is 32.6 Å². The Balaban J connectivity index is 1.68. The van der Waals surface area contributed by atoms with E-state index in [0.717, 1.165) is 12.1 Å². The summed E-state index contributed by atoms with van der Waals surface area (Å²) in [5.41, 5.74) is 5.42. The summed E-state index contributed by atoms with van der Waals surface area (Å²) < 4.78 is 1.49. The van der Waals surface area contributed by atoms with Gasteiger partial charge in [0.2, 0.25) is 0 Å². The number of anilines is 2. The van der Waals surface area contributed by atoms with Crippen LogP contribution in [0, 0.1) is 18.3 Å². The van der Waals surface area contributed by atoms with Crippen LogP contribution in [-0.4, -0.2) is 20.7 Å². The lowest BCUT2D eigenvalue weighted by molar-refractivity contribution is 0.0696. The monoisotopic (exact) mass is 382 g/mol. The second-order valence-electron chi connectivity index (χ2n) is 6.80. The molecule has 0 saturated carbocycles. The van der Waals surface area contributed by atoms with Gasteiger partial charge >= 0.3 is 5.97 Å². The highest BCUT2D eigenvalue weighted by molar-refractivity contribution is 5.96. The molecule has 0 bridgehead atoms. The lowest BCUT2D eigenvalue weighted by Crippen LogP contribution is -2.01. The van der Waals surface area contributed by atoms with Crippen molar-refractivity contribution in [2.75, 3.05) is 5.32 Å². The van der Waals surface area contributed by atoms with Crippen LogP contribution in [0.15, 0.2) is 67.0 Å². The first-order valence-corrected chi connectivity index (χ1v) is 9.11. The number of nitrogens with zero attached hydrogens (tertiary/aromatic N) is 3. The number of aromatic carboxylic acids is 1. The highest BCUT2D eigenvalue weighted by Crippen LogP contribution is 2.30. The van der Waals surface area contributed by atoms with Crippen LogP contribution >= 0.6 is 0 Å². The van der Waals surface area contributed by atoms with Gasteiger partial charge < -0.3 is 10.4 Å². The van der Waals surface area contributed by atoms with Crippen molar-refractivity contribution in [1.29, 1.82) is 5.26 Å². The molecule has 0 saturated heterocycles. The van der Waals surface area contributed by atoms with Gasteiger partial charge in [0.15, 0.2) is 0 Å². The van der Waals surface area contributed by atoms with Gasteiger partial charge in [-0.25, -0.2) is 9.31 Å². The van der Waals surface area contributed by atoms with Gasteiger partial charge in [-0.1, -0.05) is 42.5 Å². The van der Waals surface area contributed by atoms with Gasteiger partial charge in [-0.2, -0.15) is 10.4 Å². The SMILES string of the molecule is Cc1c(C(=O)O)cn2ncc(C#N)c(Nc3ccc(Cc4ccccc4)cc3)c12. The molecule has 2 aromatic heterocycles. The second kappa shape index (κ2) is 7.49. The van der Waals surface area contributed by atoms with E-state index < -0.39 is 5.97 Å². The number of benzene rings is 2.